The number of aromatic nitrogens is 2. The second-order valence-corrected chi connectivity index (χ2v) is 7.02. The molecule has 7 nitrogen and oxygen atoms in total. The van der Waals surface area contributed by atoms with E-state index in [0.29, 0.717) is 29.8 Å². The summed E-state index contributed by atoms with van der Waals surface area (Å²) in [7, 11) is 1.60. The van der Waals surface area contributed by atoms with Gasteiger partial charge in [-0.2, -0.15) is 4.98 Å². The summed E-state index contributed by atoms with van der Waals surface area (Å²) in [4.78, 5) is 24.7. The lowest BCUT2D eigenvalue weighted by Crippen LogP contribution is -2.48. The number of amides is 1. The molecule has 0 aliphatic carbocycles. The van der Waals surface area contributed by atoms with Crippen LogP contribution in [0.3, 0.4) is 0 Å². The first-order valence-corrected chi connectivity index (χ1v) is 9.22. The van der Waals surface area contributed by atoms with Crippen LogP contribution in [0.15, 0.2) is 18.2 Å². The quantitative estimate of drug-likeness (QED) is 0.866. The van der Waals surface area contributed by atoms with E-state index in [1.807, 2.05) is 30.9 Å². The highest BCUT2D eigenvalue weighted by Crippen LogP contribution is 2.32. The van der Waals surface area contributed by atoms with Crippen molar-refractivity contribution in [1.29, 1.82) is 0 Å². The molecule has 0 bridgehead atoms. The maximum atomic E-state index is 11.5. The molecule has 2 heterocycles. The fourth-order valence-electron chi connectivity index (χ4n) is 3.07. The second-order valence-electron chi connectivity index (χ2n) is 6.61. The lowest BCUT2D eigenvalue weighted by Gasteiger charge is -2.35. The van der Waals surface area contributed by atoms with E-state index in [4.69, 9.17) is 16.3 Å². The second kappa shape index (κ2) is 8.00. The average molecular weight is 390 g/mol. The molecule has 1 amide bonds. The first kappa shape index (κ1) is 19.2. The summed E-state index contributed by atoms with van der Waals surface area (Å²) in [5.41, 5.74) is 2.56. The van der Waals surface area contributed by atoms with E-state index < -0.39 is 0 Å². The molecule has 0 unspecified atom stereocenters. The molecular formula is C19H24ClN5O2. The largest absolute Gasteiger partial charge is 0.495 e. The van der Waals surface area contributed by atoms with Crippen molar-refractivity contribution in [1.82, 2.24) is 14.9 Å². The number of carbonyl (C=O) groups excluding carboxylic acids is 1. The molecule has 1 aliphatic rings. The van der Waals surface area contributed by atoms with Gasteiger partial charge >= 0.3 is 0 Å². The van der Waals surface area contributed by atoms with Gasteiger partial charge in [0.05, 0.1) is 12.8 Å². The summed E-state index contributed by atoms with van der Waals surface area (Å²) in [5, 5.41) is 3.89. The molecule has 1 aromatic carbocycles. The Morgan fingerprint density at radius 1 is 1.15 bits per heavy atom. The summed E-state index contributed by atoms with van der Waals surface area (Å²) in [6.07, 6.45) is 0. The Balaban J connectivity index is 1.82. The van der Waals surface area contributed by atoms with Crippen LogP contribution in [0.5, 0.6) is 5.75 Å². The van der Waals surface area contributed by atoms with Gasteiger partial charge in [-0.25, -0.2) is 4.98 Å². The number of rotatable bonds is 4. The smallest absolute Gasteiger partial charge is 0.229 e. The predicted molar refractivity (Wildman–Crippen MR) is 107 cm³/mol. The van der Waals surface area contributed by atoms with Gasteiger partial charge in [-0.05, 0) is 25.5 Å². The summed E-state index contributed by atoms with van der Waals surface area (Å²) in [5.74, 6) is 2.09. The van der Waals surface area contributed by atoms with Crippen LogP contribution >= 0.6 is 11.6 Å². The van der Waals surface area contributed by atoms with E-state index in [1.165, 1.54) is 0 Å². The van der Waals surface area contributed by atoms with Crippen molar-refractivity contribution in [2.75, 3.05) is 43.5 Å². The van der Waals surface area contributed by atoms with Gasteiger partial charge in [-0.1, -0.05) is 11.6 Å². The van der Waals surface area contributed by atoms with Crippen LogP contribution in [0.1, 0.15) is 18.2 Å². The average Bonchev–Trinajstić information content (AvgIpc) is 2.64. The Morgan fingerprint density at radius 2 is 1.85 bits per heavy atom. The van der Waals surface area contributed by atoms with E-state index in [9.17, 15) is 4.79 Å². The third kappa shape index (κ3) is 4.42. The van der Waals surface area contributed by atoms with Gasteiger partial charge in [0.2, 0.25) is 11.9 Å². The highest BCUT2D eigenvalue weighted by atomic mass is 35.5. The number of ether oxygens (including phenoxy) is 1. The Hall–Kier alpha value is -2.54. The van der Waals surface area contributed by atoms with Crippen molar-refractivity contribution >= 4 is 35.0 Å². The normalized spacial score (nSPS) is 14.3. The molecular weight excluding hydrogens is 366 g/mol. The zero-order valence-corrected chi connectivity index (χ0v) is 16.8. The zero-order chi connectivity index (χ0) is 19.6. The van der Waals surface area contributed by atoms with Crippen LogP contribution in [-0.4, -0.2) is 54.1 Å². The number of halogens is 1. The molecule has 8 heteroatoms. The number of anilines is 3. The number of nitrogens with one attached hydrogen (secondary N) is 1. The molecule has 1 aliphatic heterocycles. The molecule has 27 heavy (non-hydrogen) atoms. The number of nitrogens with zero attached hydrogens (tertiary/aromatic N) is 4. The third-order valence-electron chi connectivity index (χ3n) is 4.62. The topological polar surface area (TPSA) is 70.6 Å². The van der Waals surface area contributed by atoms with Crippen LogP contribution < -0.4 is 15.0 Å². The Bertz CT molecular complexity index is 850. The molecule has 1 aromatic heterocycles. The van der Waals surface area contributed by atoms with Gasteiger partial charge in [0.15, 0.2) is 0 Å². The van der Waals surface area contributed by atoms with Gasteiger partial charge in [0.1, 0.15) is 11.6 Å². The van der Waals surface area contributed by atoms with Crippen molar-refractivity contribution in [2.45, 2.75) is 20.8 Å². The fraction of sp³-hybridized carbons (Fsp3) is 0.421. The number of benzene rings is 1. The van der Waals surface area contributed by atoms with Gasteiger partial charge in [-0.3, -0.25) is 4.79 Å². The number of hydrogen-bond acceptors (Lipinski definition) is 6. The number of hydrogen-bond donors (Lipinski definition) is 1. The van der Waals surface area contributed by atoms with Crippen molar-refractivity contribution in [3.8, 4) is 5.75 Å². The summed E-state index contributed by atoms with van der Waals surface area (Å²) in [6.45, 7) is 8.37. The van der Waals surface area contributed by atoms with Gasteiger partial charge in [0.25, 0.3) is 0 Å². The van der Waals surface area contributed by atoms with Gasteiger partial charge < -0.3 is 19.9 Å². The molecule has 2 aromatic rings. The van der Waals surface area contributed by atoms with Crippen LogP contribution in [0.2, 0.25) is 5.02 Å². The first-order chi connectivity index (χ1) is 12.9. The van der Waals surface area contributed by atoms with Gasteiger partial charge in [-0.15, -0.1) is 0 Å². The van der Waals surface area contributed by atoms with E-state index >= 15 is 0 Å². The van der Waals surface area contributed by atoms with E-state index in [0.717, 1.165) is 35.9 Å². The summed E-state index contributed by atoms with van der Waals surface area (Å²) < 4.78 is 5.41. The Kier molecular flexibility index (Phi) is 5.70. The molecule has 0 spiro atoms. The van der Waals surface area contributed by atoms with Crippen molar-refractivity contribution < 1.29 is 9.53 Å². The molecule has 0 atom stereocenters. The highest BCUT2D eigenvalue weighted by molar-refractivity contribution is 6.31. The van der Waals surface area contributed by atoms with Crippen LogP contribution in [0.4, 0.5) is 17.5 Å². The van der Waals surface area contributed by atoms with Crippen LogP contribution in [0.25, 0.3) is 0 Å². The standard InChI is InChI=1S/C19H24ClN5O2/c1-12-9-16(17(27-4)11-15(12)20)22-19-21-13(2)10-18(23-19)25-7-5-24(6-8-25)14(3)26/h9-11H,5-8H2,1-4H3,(H,21,22,23). The Morgan fingerprint density at radius 3 is 2.48 bits per heavy atom. The van der Waals surface area contributed by atoms with Crippen LogP contribution in [0, 0.1) is 13.8 Å². The van der Waals surface area contributed by atoms with E-state index in [-0.39, 0.29) is 5.91 Å². The molecule has 1 N–H and O–H groups in total. The minimum Gasteiger partial charge on any atom is -0.495 e. The number of carbonyl (C=O) groups is 1. The van der Waals surface area contributed by atoms with Crippen LogP contribution in [-0.2, 0) is 4.79 Å². The summed E-state index contributed by atoms with van der Waals surface area (Å²) in [6, 6.07) is 5.65. The highest BCUT2D eigenvalue weighted by Gasteiger charge is 2.20. The first-order valence-electron chi connectivity index (χ1n) is 8.84. The number of methoxy groups -OCH3 is 1. The van der Waals surface area contributed by atoms with Gasteiger partial charge in [0, 0.05) is 56.0 Å². The lowest BCUT2D eigenvalue weighted by atomic mass is 10.2. The monoisotopic (exact) mass is 389 g/mol. The predicted octanol–water partition coefficient (Wildman–Crippen LogP) is 3.17. The third-order valence-corrected chi connectivity index (χ3v) is 5.02. The van der Waals surface area contributed by atoms with Crippen molar-refractivity contribution in [2.24, 2.45) is 0 Å². The maximum Gasteiger partial charge on any atom is 0.229 e. The number of aryl methyl sites for hydroxylation is 2. The Labute approximate surface area is 164 Å². The molecule has 3 rings (SSSR count). The molecule has 144 valence electrons. The fourth-order valence-corrected chi connectivity index (χ4v) is 3.22. The van der Waals surface area contributed by atoms with E-state index in [2.05, 4.69) is 20.2 Å². The van der Waals surface area contributed by atoms with E-state index in [1.54, 1.807) is 20.1 Å². The lowest BCUT2D eigenvalue weighted by molar-refractivity contribution is -0.129. The minimum atomic E-state index is 0.112. The molecule has 0 radical (unpaired) electrons. The molecule has 1 fully saturated rings. The van der Waals surface area contributed by atoms with Crippen molar-refractivity contribution in [3.63, 3.8) is 0 Å². The number of piperazine rings is 1. The van der Waals surface area contributed by atoms with Crippen molar-refractivity contribution in [3.05, 3.63) is 34.5 Å². The maximum absolute atomic E-state index is 11.5. The SMILES string of the molecule is COc1cc(Cl)c(C)cc1Nc1nc(C)cc(N2CCN(C(C)=O)CC2)n1. The zero-order valence-electron chi connectivity index (χ0n) is 16.0. The molecule has 0 saturated carbocycles. The summed E-state index contributed by atoms with van der Waals surface area (Å²) >= 11 is 6.18. The molecule has 1 saturated heterocycles. The minimum absolute atomic E-state index is 0.112.